The monoisotopic (exact) mass is 367 g/mol. The van der Waals surface area contributed by atoms with Crippen LogP contribution in [-0.4, -0.2) is 25.7 Å². The summed E-state index contributed by atoms with van der Waals surface area (Å²) in [6, 6.07) is 14.2. The van der Waals surface area contributed by atoms with Crippen LogP contribution < -0.4 is 5.32 Å². The van der Waals surface area contributed by atoms with E-state index in [1.54, 1.807) is 24.2 Å². The summed E-state index contributed by atoms with van der Waals surface area (Å²) in [5.74, 6) is 1.55. The Labute approximate surface area is 157 Å². The normalized spacial score (nSPS) is 10.7. The van der Waals surface area contributed by atoms with Gasteiger partial charge in [-0.25, -0.2) is 0 Å². The Morgan fingerprint density at radius 3 is 2.58 bits per heavy atom. The van der Waals surface area contributed by atoms with E-state index in [-0.39, 0.29) is 5.91 Å². The highest BCUT2D eigenvalue weighted by Crippen LogP contribution is 2.22. The minimum absolute atomic E-state index is 0.00486. The third-order valence-corrected chi connectivity index (χ3v) is 4.90. The van der Waals surface area contributed by atoms with Crippen molar-refractivity contribution < 1.29 is 4.79 Å². The highest BCUT2D eigenvalue weighted by Gasteiger charge is 2.14. The standard InChI is InChI=1S/C19H21N5OS/c1-2-18(25)21-12-17-22-23-19(26-14-16-8-10-20-11-9-16)24(17)13-15-6-4-3-5-7-15/h3-11H,2,12-14H2,1H3,(H,21,25). The smallest absolute Gasteiger partial charge is 0.220 e. The number of aromatic nitrogens is 4. The van der Waals surface area contributed by atoms with Crippen LogP contribution in [-0.2, 0) is 23.6 Å². The lowest BCUT2D eigenvalue weighted by molar-refractivity contribution is -0.120. The first-order chi connectivity index (χ1) is 12.8. The number of thioether (sulfide) groups is 1. The molecule has 0 aliphatic rings. The second-order valence-electron chi connectivity index (χ2n) is 5.74. The van der Waals surface area contributed by atoms with Crippen molar-refractivity contribution in [3.63, 3.8) is 0 Å². The van der Waals surface area contributed by atoms with Gasteiger partial charge in [0.1, 0.15) is 0 Å². The molecule has 1 amide bonds. The molecule has 0 aliphatic heterocycles. The summed E-state index contributed by atoms with van der Waals surface area (Å²) in [4.78, 5) is 15.6. The van der Waals surface area contributed by atoms with Crippen LogP contribution in [0.25, 0.3) is 0 Å². The van der Waals surface area contributed by atoms with Crippen LogP contribution in [0.1, 0.15) is 30.3 Å². The van der Waals surface area contributed by atoms with E-state index in [0.717, 1.165) is 16.7 Å². The van der Waals surface area contributed by atoms with E-state index in [0.29, 0.717) is 19.5 Å². The maximum atomic E-state index is 11.6. The van der Waals surface area contributed by atoms with Crippen LogP contribution in [0.5, 0.6) is 0 Å². The van der Waals surface area contributed by atoms with Crippen molar-refractivity contribution in [2.75, 3.05) is 0 Å². The second-order valence-corrected chi connectivity index (χ2v) is 6.69. The highest BCUT2D eigenvalue weighted by atomic mass is 32.2. The average molecular weight is 367 g/mol. The summed E-state index contributed by atoms with van der Waals surface area (Å²) >= 11 is 1.63. The molecule has 0 radical (unpaired) electrons. The Morgan fingerprint density at radius 1 is 1.08 bits per heavy atom. The molecule has 7 heteroatoms. The molecule has 134 valence electrons. The number of pyridine rings is 1. The van der Waals surface area contributed by atoms with E-state index in [9.17, 15) is 4.79 Å². The summed E-state index contributed by atoms with van der Waals surface area (Å²) in [5, 5.41) is 12.4. The molecule has 0 fully saturated rings. The topological polar surface area (TPSA) is 72.7 Å². The molecule has 0 bridgehead atoms. The van der Waals surface area contributed by atoms with Gasteiger partial charge in [0.15, 0.2) is 11.0 Å². The van der Waals surface area contributed by atoms with Crippen molar-refractivity contribution in [3.05, 3.63) is 71.8 Å². The van der Waals surface area contributed by atoms with Crippen LogP contribution in [0.2, 0.25) is 0 Å². The van der Waals surface area contributed by atoms with Crippen molar-refractivity contribution in [3.8, 4) is 0 Å². The lowest BCUT2D eigenvalue weighted by Gasteiger charge is -2.11. The van der Waals surface area contributed by atoms with E-state index in [1.807, 2.05) is 37.3 Å². The van der Waals surface area contributed by atoms with Crippen molar-refractivity contribution >= 4 is 17.7 Å². The lowest BCUT2D eigenvalue weighted by atomic mass is 10.2. The van der Waals surface area contributed by atoms with Crippen LogP contribution in [0.3, 0.4) is 0 Å². The first-order valence-electron chi connectivity index (χ1n) is 8.50. The maximum absolute atomic E-state index is 11.6. The van der Waals surface area contributed by atoms with Crippen LogP contribution in [0, 0.1) is 0 Å². The number of benzene rings is 1. The number of nitrogens with zero attached hydrogens (tertiary/aromatic N) is 4. The number of carbonyl (C=O) groups is 1. The molecule has 0 atom stereocenters. The Hall–Kier alpha value is -2.67. The van der Waals surface area contributed by atoms with Gasteiger partial charge < -0.3 is 9.88 Å². The SMILES string of the molecule is CCC(=O)NCc1nnc(SCc2ccncc2)n1Cc1ccccc1. The predicted molar refractivity (Wildman–Crippen MR) is 102 cm³/mol. The third-order valence-electron chi connectivity index (χ3n) is 3.86. The van der Waals surface area contributed by atoms with Gasteiger partial charge in [0.25, 0.3) is 0 Å². The molecule has 0 saturated carbocycles. The quantitative estimate of drug-likeness (QED) is 0.620. The summed E-state index contributed by atoms with van der Waals surface area (Å²) in [6.45, 7) is 2.88. The minimum atomic E-state index is 0.00486. The van der Waals surface area contributed by atoms with Crippen LogP contribution in [0.4, 0.5) is 0 Å². The molecule has 6 nitrogen and oxygen atoms in total. The second kappa shape index (κ2) is 9.15. The van der Waals surface area contributed by atoms with Gasteiger partial charge in [0, 0.05) is 24.6 Å². The average Bonchev–Trinajstić information content (AvgIpc) is 3.07. The van der Waals surface area contributed by atoms with Gasteiger partial charge in [0.2, 0.25) is 5.91 Å². The van der Waals surface area contributed by atoms with Crippen molar-refractivity contribution in [1.29, 1.82) is 0 Å². The molecule has 1 aromatic carbocycles. The number of amides is 1. The van der Waals surface area contributed by atoms with Crippen LogP contribution in [0.15, 0.2) is 60.0 Å². The van der Waals surface area contributed by atoms with E-state index in [4.69, 9.17) is 0 Å². The van der Waals surface area contributed by atoms with Crippen molar-refractivity contribution in [1.82, 2.24) is 25.1 Å². The molecule has 0 saturated heterocycles. The molecule has 2 heterocycles. The third kappa shape index (κ3) is 4.92. The Bertz CT molecular complexity index is 836. The number of hydrogen-bond acceptors (Lipinski definition) is 5. The Kier molecular flexibility index (Phi) is 6.38. The van der Waals surface area contributed by atoms with Gasteiger partial charge in [0.05, 0.1) is 13.1 Å². The molecule has 3 rings (SSSR count). The molecule has 2 aromatic heterocycles. The fourth-order valence-electron chi connectivity index (χ4n) is 2.41. The molecule has 3 aromatic rings. The van der Waals surface area contributed by atoms with E-state index < -0.39 is 0 Å². The molecule has 26 heavy (non-hydrogen) atoms. The summed E-state index contributed by atoms with van der Waals surface area (Å²) in [7, 11) is 0. The zero-order valence-corrected chi connectivity index (χ0v) is 15.4. The van der Waals surface area contributed by atoms with Gasteiger partial charge in [-0.15, -0.1) is 10.2 Å². The van der Waals surface area contributed by atoms with Gasteiger partial charge >= 0.3 is 0 Å². The Balaban J connectivity index is 1.78. The van der Waals surface area contributed by atoms with Gasteiger partial charge in [-0.1, -0.05) is 49.0 Å². The Morgan fingerprint density at radius 2 is 1.85 bits per heavy atom. The molecule has 0 aliphatic carbocycles. The summed E-state index contributed by atoms with van der Waals surface area (Å²) < 4.78 is 2.07. The van der Waals surface area contributed by atoms with Gasteiger partial charge in [-0.3, -0.25) is 9.78 Å². The van der Waals surface area contributed by atoms with Crippen LogP contribution >= 0.6 is 11.8 Å². The predicted octanol–water partition coefficient (Wildman–Crippen LogP) is 3.04. The van der Waals surface area contributed by atoms with Crippen molar-refractivity contribution in [2.24, 2.45) is 0 Å². The van der Waals surface area contributed by atoms with E-state index in [2.05, 4.69) is 37.2 Å². The largest absolute Gasteiger partial charge is 0.349 e. The molecular formula is C19H21N5OS. The molecular weight excluding hydrogens is 346 g/mol. The zero-order valence-electron chi connectivity index (χ0n) is 14.6. The molecule has 1 N–H and O–H groups in total. The van der Waals surface area contributed by atoms with E-state index in [1.165, 1.54) is 11.1 Å². The fraction of sp³-hybridized carbons (Fsp3) is 0.263. The number of rotatable bonds is 8. The summed E-state index contributed by atoms with van der Waals surface area (Å²) in [6.07, 6.45) is 4.03. The minimum Gasteiger partial charge on any atom is -0.349 e. The molecule has 0 spiro atoms. The van der Waals surface area contributed by atoms with Gasteiger partial charge in [-0.2, -0.15) is 0 Å². The van der Waals surface area contributed by atoms with Gasteiger partial charge in [-0.05, 0) is 23.3 Å². The van der Waals surface area contributed by atoms with Crippen molar-refractivity contribution in [2.45, 2.75) is 37.3 Å². The van der Waals surface area contributed by atoms with E-state index >= 15 is 0 Å². The lowest BCUT2D eigenvalue weighted by Crippen LogP contribution is -2.24. The maximum Gasteiger partial charge on any atom is 0.220 e. The number of hydrogen-bond donors (Lipinski definition) is 1. The highest BCUT2D eigenvalue weighted by molar-refractivity contribution is 7.98. The number of nitrogens with one attached hydrogen (secondary N) is 1. The summed E-state index contributed by atoms with van der Waals surface area (Å²) in [5.41, 5.74) is 2.35. The first kappa shape index (κ1) is 18.1. The first-order valence-corrected chi connectivity index (χ1v) is 9.49. The fourth-order valence-corrected chi connectivity index (χ4v) is 3.32. The number of carbonyl (C=O) groups excluding carboxylic acids is 1. The molecule has 0 unspecified atom stereocenters. The zero-order chi connectivity index (χ0) is 18.2.